The summed E-state index contributed by atoms with van der Waals surface area (Å²) in [6.45, 7) is 20.9. The number of rotatable bonds is 20. The number of aryl methyl sites for hydroxylation is 1. The Morgan fingerprint density at radius 1 is 1.03 bits per heavy atom. The van der Waals surface area contributed by atoms with Gasteiger partial charge in [-0.05, 0) is 93.4 Å². The smallest absolute Gasteiger partial charge is 0.333 e. The van der Waals surface area contributed by atoms with E-state index < -0.39 is 16.6 Å². The van der Waals surface area contributed by atoms with Crippen LogP contribution in [0, 0.1) is 12.8 Å². The van der Waals surface area contributed by atoms with Crippen molar-refractivity contribution in [2.24, 2.45) is 5.92 Å². The third-order valence-electron chi connectivity index (χ3n) is 8.62. The van der Waals surface area contributed by atoms with Crippen LogP contribution in [-0.4, -0.2) is 47.4 Å². The first-order valence-electron chi connectivity index (χ1n) is 15.3. The topological polar surface area (TPSA) is 57.7 Å². The summed E-state index contributed by atoms with van der Waals surface area (Å²) in [4.78, 5) is 17.4. The van der Waals surface area contributed by atoms with Crippen LogP contribution in [0.1, 0.15) is 91.8 Å². The van der Waals surface area contributed by atoms with Crippen LogP contribution in [-0.2, 0) is 18.4 Å². The lowest BCUT2D eigenvalue weighted by molar-refractivity contribution is -0.136. The van der Waals surface area contributed by atoms with E-state index in [9.17, 15) is 4.79 Å². The molecule has 0 saturated heterocycles. The van der Waals surface area contributed by atoms with Crippen molar-refractivity contribution in [3.05, 3.63) is 33.3 Å². The van der Waals surface area contributed by atoms with Crippen LogP contribution in [0.5, 0.6) is 0 Å². The summed E-state index contributed by atoms with van der Waals surface area (Å²) < 4.78 is 18.7. The molecule has 39 heavy (non-hydrogen) atoms. The molecule has 0 bridgehead atoms. The van der Waals surface area contributed by atoms with Crippen LogP contribution in [0.3, 0.4) is 0 Å². The van der Waals surface area contributed by atoms with Crippen LogP contribution in [0.2, 0.25) is 36.3 Å². The molecular formula is C31H57NO4SSi2. The Hall–Kier alpha value is -1.07. The minimum Gasteiger partial charge on any atom is -0.466 e. The standard InChI is InChI=1S/C31H57NO4SSi2/c1-11-38(12-2,13-3)35-23-25(7)18-17-19-28(31(33)34-10)20-21-30(36-39(14-4,15-5)16-6)26(8)22-29-24-37-27(9)32-29/h20,22,24-25,30H,11-19,21,23H2,1-10H3/t25-,30-/m0/s1. The maximum absolute atomic E-state index is 12.7. The first-order chi connectivity index (χ1) is 18.6. The zero-order valence-electron chi connectivity index (χ0n) is 26.7. The second-order valence-electron chi connectivity index (χ2n) is 11.0. The van der Waals surface area contributed by atoms with Gasteiger partial charge in [0.1, 0.15) is 0 Å². The largest absolute Gasteiger partial charge is 0.466 e. The number of carbonyl (C=O) groups is 1. The second-order valence-corrected chi connectivity index (χ2v) is 21.6. The van der Waals surface area contributed by atoms with Gasteiger partial charge in [-0.15, -0.1) is 11.3 Å². The van der Waals surface area contributed by atoms with Gasteiger partial charge in [0.15, 0.2) is 16.6 Å². The van der Waals surface area contributed by atoms with E-state index in [1.807, 2.05) is 6.92 Å². The highest BCUT2D eigenvalue weighted by atomic mass is 32.1. The van der Waals surface area contributed by atoms with Gasteiger partial charge < -0.3 is 13.6 Å². The lowest BCUT2D eigenvalue weighted by atomic mass is 9.99. The Morgan fingerprint density at radius 2 is 1.62 bits per heavy atom. The molecule has 8 heteroatoms. The summed E-state index contributed by atoms with van der Waals surface area (Å²) in [5.74, 6) is 0.252. The SMILES string of the molecule is CC[Si](CC)(CC)OC[C@@H](C)CCCC(=CC[C@H](O[Si](CC)(CC)CC)C(C)=Cc1csc(C)n1)C(=O)OC. The van der Waals surface area contributed by atoms with E-state index in [0.29, 0.717) is 18.8 Å². The fourth-order valence-corrected chi connectivity index (χ4v) is 11.4. The molecule has 0 aliphatic heterocycles. The number of hydrogen-bond acceptors (Lipinski definition) is 6. The molecule has 1 rings (SSSR count). The Labute approximate surface area is 246 Å². The van der Waals surface area contributed by atoms with Gasteiger partial charge in [0.25, 0.3) is 0 Å². The van der Waals surface area contributed by atoms with E-state index in [2.05, 4.69) is 77.9 Å². The number of esters is 1. The molecule has 0 amide bonds. The molecule has 224 valence electrons. The van der Waals surface area contributed by atoms with Crippen LogP contribution < -0.4 is 0 Å². The molecule has 5 nitrogen and oxygen atoms in total. The lowest BCUT2D eigenvalue weighted by Crippen LogP contribution is -2.40. The van der Waals surface area contributed by atoms with Gasteiger partial charge in [-0.3, -0.25) is 0 Å². The molecule has 0 N–H and O–H groups in total. The fourth-order valence-electron chi connectivity index (χ4n) is 5.17. The molecule has 0 aliphatic rings. The number of hydrogen-bond donors (Lipinski definition) is 0. The number of methoxy groups -OCH3 is 1. The van der Waals surface area contributed by atoms with E-state index in [0.717, 1.165) is 59.4 Å². The van der Waals surface area contributed by atoms with Gasteiger partial charge in [-0.1, -0.05) is 54.5 Å². The number of carbonyl (C=O) groups excluding carboxylic acids is 1. The van der Waals surface area contributed by atoms with Crippen molar-refractivity contribution in [1.82, 2.24) is 4.98 Å². The van der Waals surface area contributed by atoms with Crippen LogP contribution in [0.4, 0.5) is 0 Å². The molecule has 1 heterocycles. The summed E-state index contributed by atoms with van der Waals surface area (Å²) >= 11 is 1.66. The van der Waals surface area contributed by atoms with Crippen molar-refractivity contribution >= 4 is 40.0 Å². The van der Waals surface area contributed by atoms with E-state index in [4.69, 9.17) is 13.6 Å². The van der Waals surface area contributed by atoms with E-state index in [-0.39, 0.29) is 12.1 Å². The van der Waals surface area contributed by atoms with Gasteiger partial charge in [-0.25, -0.2) is 9.78 Å². The maximum Gasteiger partial charge on any atom is 0.333 e. The van der Waals surface area contributed by atoms with Crippen molar-refractivity contribution in [1.29, 1.82) is 0 Å². The molecule has 0 aliphatic carbocycles. The summed E-state index contributed by atoms with van der Waals surface area (Å²) in [7, 11) is -1.94. The Balaban J connectivity index is 3.01. The number of ether oxygens (including phenoxy) is 1. The Kier molecular flexibility index (Phi) is 17.0. The molecule has 0 fully saturated rings. The van der Waals surface area contributed by atoms with E-state index in [1.54, 1.807) is 11.3 Å². The molecule has 0 spiro atoms. The zero-order valence-corrected chi connectivity index (χ0v) is 29.5. The molecule has 1 aromatic heterocycles. The van der Waals surface area contributed by atoms with Gasteiger partial charge >= 0.3 is 5.97 Å². The predicted molar refractivity (Wildman–Crippen MR) is 173 cm³/mol. The summed E-state index contributed by atoms with van der Waals surface area (Å²) in [5.41, 5.74) is 2.90. The average Bonchev–Trinajstić information content (AvgIpc) is 3.37. The predicted octanol–water partition coefficient (Wildman–Crippen LogP) is 9.56. The zero-order chi connectivity index (χ0) is 29.5. The van der Waals surface area contributed by atoms with Crippen molar-refractivity contribution in [2.45, 2.75) is 130 Å². The highest BCUT2D eigenvalue weighted by Gasteiger charge is 2.32. The summed E-state index contributed by atoms with van der Waals surface area (Å²) in [6.07, 6.45) is 7.52. The first kappa shape index (κ1) is 36.0. The summed E-state index contributed by atoms with van der Waals surface area (Å²) in [6, 6.07) is 6.81. The van der Waals surface area contributed by atoms with Crippen LogP contribution >= 0.6 is 11.3 Å². The molecule has 2 atom stereocenters. The molecule has 0 aromatic carbocycles. The van der Waals surface area contributed by atoms with Crippen LogP contribution in [0.25, 0.3) is 6.08 Å². The lowest BCUT2D eigenvalue weighted by Gasteiger charge is -2.33. The normalized spacial score (nSPS) is 14.9. The quantitative estimate of drug-likeness (QED) is 0.0853. The highest BCUT2D eigenvalue weighted by Crippen LogP contribution is 2.29. The minimum absolute atomic E-state index is 0.0688. The van der Waals surface area contributed by atoms with Crippen molar-refractivity contribution in [2.75, 3.05) is 13.7 Å². The highest BCUT2D eigenvalue weighted by molar-refractivity contribution is 7.09. The average molecular weight is 596 g/mol. The number of thiazole rings is 1. The third kappa shape index (κ3) is 11.8. The molecule has 0 radical (unpaired) electrons. The Bertz CT molecular complexity index is 890. The van der Waals surface area contributed by atoms with Gasteiger partial charge in [0.2, 0.25) is 0 Å². The number of nitrogens with zero attached hydrogens (tertiary/aromatic N) is 1. The molecule has 0 saturated carbocycles. The van der Waals surface area contributed by atoms with E-state index >= 15 is 0 Å². The molecular weight excluding hydrogens is 539 g/mol. The molecule has 0 unspecified atom stereocenters. The maximum atomic E-state index is 12.7. The first-order valence-corrected chi connectivity index (χ1v) is 21.2. The molecule has 1 aromatic rings. The minimum atomic E-state index is -1.85. The van der Waals surface area contributed by atoms with Gasteiger partial charge in [0, 0.05) is 17.6 Å². The Morgan fingerprint density at radius 3 is 2.10 bits per heavy atom. The summed E-state index contributed by atoms with van der Waals surface area (Å²) in [5, 5.41) is 3.15. The second kappa shape index (κ2) is 18.4. The van der Waals surface area contributed by atoms with Gasteiger partial charge in [0.05, 0.1) is 23.9 Å². The van der Waals surface area contributed by atoms with Gasteiger partial charge in [-0.2, -0.15) is 0 Å². The van der Waals surface area contributed by atoms with Crippen molar-refractivity contribution in [3.63, 3.8) is 0 Å². The monoisotopic (exact) mass is 595 g/mol. The van der Waals surface area contributed by atoms with Crippen molar-refractivity contribution in [3.8, 4) is 0 Å². The van der Waals surface area contributed by atoms with Crippen LogP contribution in [0.15, 0.2) is 22.6 Å². The fraction of sp³-hybridized carbons (Fsp3) is 0.742. The number of aromatic nitrogens is 1. The van der Waals surface area contributed by atoms with E-state index in [1.165, 1.54) is 25.2 Å². The van der Waals surface area contributed by atoms with Crippen molar-refractivity contribution < 1.29 is 18.4 Å². The third-order valence-corrected chi connectivity index (χ3v) is 18.7.